The number of hydrogen-bond donors (Lipinski definition) is 0. The second-order valence-corrected chi connectivity index (χ2v) is 23.5. The van der Waals surface area contributed by atoms with E-state index >= 15 is 0 Å². The molecule has 454 valence electrons. The Morgan fingerprint density at radius 2 is 0.689 bits per heavy atom. The Bertz CT molecular complexity index is 3810. The molecular weight excluding hydrogens is 1110 g/mol. The Morgan fingerprint density at radius 1 is 0.333 bits per heavy atom. The van der Waals surface area contributed by atoms with Gasteiger partial charge < -0.3 is 4.74 Å². The highest BCUT2D eigenvalue weighted by atomic mass is 32.2. The number of aryl methyl sites for hydroxylation is 3. The second-order valence-electron chi connectivity index (χ2n) is 22.6. The van der Waals surface area contributed by atoms with Crippen LogP contribution in [0.5, 0.6) is 5.75 Å². The smallest absolute Gasteiger partial charge is 0.118 e. The van der Waals surface area contributed by atoms with Crippen molar-refractivity contribution in [2.24, 2.45) is 0 Å². The van der Waals surface area contributed by atoms with Gasteiger partial charge in [0.1, 0.15) is 5.75 Å². The third-order valence-electron chi connectivity index (χ3n) is 15.0. The van der Waals surface area contributed by atoms with Crippen LogP contribution in [0.25, 0.3) is 27.1 Å². The topological polar surface area (TPSA) is 9.23 Å². The monoisotopic (exact) mass is 1190 g/mol. The Kier molecular flexibility index (Phi) is 29.7. The van der Waals surface area contributed by atoms with Crippen LogP contribution in [-0.4, -0.2) is 13.4 Å². The zero-order valence-electron chi connectivity index (χ0n) is 54.5. The van der Waals surface area contributed by atoms with Gasteiger partial charge in [-0.1, -0.05) is 372 Å². The first-order valence-electron chi connectivity index (χ1n) is 30.9. The van der Waals surface area contributed by atoms with Gasteiger partial charge in [-0.05, 0) is 137 Å². The molecular formula is C88H90OS. The number of allylic oxidation sites excluding steroid dienone is 1. The molecule has 0 aliphatic carbocycles. The van der Waals surface area contributed by atoms with Crippen LogP contribution in [0.3, 0.4) is 0 Å². The fourth-order valence-corrected chi connectivity index (χ4v) is 10.3. The average Bonchev–Trinajstić information content (AvgIpc) is 2.24. The van der Waals surface area contributed by atoms with Crippen LogP contribution in [0.2, 0.25) is 0 Å². The van der Waals surface area contributed by atoms with E-state index in [1.54, 1.807) is 18.9 Å². The predicted molar refractivity (Wildman–Crippen MR) is 395 cm³/mol. The Balaban J connectivity index is 0.000000168. The Hall–Kier alpha value is -9.73. The van der Waals surface area contributed by atoms with Gasteiger partial charge in [-0.3, -0.25) is 0 Å². The molecule has 0 aromatic heterocycles. The number of methoxy groups -OCH3 is 1. The van der Waals surface area contributed by atoms with Gasteiger partial charge in [0.25, 0.3) is 0 Å². The lowest BCUT2D eigenvalue weighted by atomic mass is 9.71. The van der Waals surface area contributed by atoms with Crippen LogP contribution in [0.1, 0.15) is 84.7 Å². The van der Waals surface area contributed by atoms with Crippen LogP contribution in [0.15, 0.2) is 369 Å². The van der Waals surface area contributed by atoms with Gasteiger partial charge in [0.15, 0.2) is 0 Å². The predicted octanol–water partition coefficient (Wildman–Crippen LogP) is 24.6. The van der Waals surface area contributed by atoms with Crippen LogP contribution < -0.4 is 4.74 Å². The first-order valence-corrected chi connectivity index (χ1v) is 32.1. The molecule has 0 N–H and O–H groups in total. The third-order valence-corrected chi connectivity index (χ3v) is 15.7. The third kappa shape index (κ3) is 23.4. The van der Waals surface area contributed by atoms with E-state index in [4.69, 9.17) is 4.74 Å². The van der Waals surface area contributed by atoms with E-state index in [-0.39, 0.29) is 5.41 Å². The summed E-state index contributed by atoms with van der Waals surface area (Å²) in [7, 11) is 1.66. The van der Waals surface area contributed by atoms with Gasteiger partial charge in [-0.25, -0.2) is 0 Å². The number of thioether (sulfide) groups is 1. The summed E-state index contributed by atoms with van der Waals surface area (Å²) in [6.07, 6.45) is 4.24. The lowest BCUT2D eigenvalue weighted by Crippen LogP contribution is -2.25. The van der Waals surface area contributed by atoms with Crippen molar-refractivity contribution in [2.45, 2.75) is 71.1 Å². The lowest BCUT2D eigenvalue weighted by molar-refractivity contribution is 0.415. The van der Waals surface area contributed by atoms with E-state index < -0.39 is 0 Å². The highest BCUT2D eigenvalue weighted by Crippen LogP contribution is 2.38. The highest BCUT2D eigenvalue weighted by Gasteiger charge is 2.30. The molecule has 0 unspecified atom stereocenters. The van der Waals surface area contributed by atoms with Gasteiger partial charge in [0.2, 0.25) is 0 Å². The molecule has 13 aromatic rings. The molecule has 0 bridgehead atoms. The summed E-state index contributed by atoms with van der Waals surface area (Å²) in [5, 5.41) is 5.33. The molecule has 0 heterocycles. The maximum Gasteiger partial charge on any atom is 0.118 e. The fraction of sp³-hybridized carbons (Fsp3) is 0.136. The summed E-state index contributed by atoms with van der Waals surface area (Å²) in [4.78, 5) is 1.33. The van der Waals surface area contributed by atoms with Crippen molar-refractivity contribution in [3.05, 3.63) is 414 Å². The number of rotatable bonds is 7. The maximum atomic E-state index is 4.91. The van der Waals surface area contributed by atoms with Gasteiger partial charge in [0.05, 0.1) is 7.11 Å². The first kappa shape index (κ1) is 69.4. The minimum absolute atomic E-state index is 0.121. The number of para-hydroxylation sites is 1. The largest absolute Gasteiger partial charge is 0.497 e. The molecule has 1 nitrogen and oxygen atoms in total. The zero-order chi connectivity index (χ0) is 64.1. The molecule has 90 heavy (non-hydrogen) atoms. The quantitative estimate of drug-likeness (QED) is 0.116. The molecule has 0 aliphatic rings. The summed E-state index contributed by atoms with van der Waals surface area (Å²) in [6.45, 7) is 17.4. The van der Waals surface area contributed by atoms with Crippen LogP contribution in [0.4, 0.5) is 0 Å². The van der Waals surface area contributed by atoms with Gasteiger partial charge >= 0.3 is 0 Å². The zero-order valence-corrected chi connectivity index (χ0v) is 55.3. The molecule has 0 atom stereocenters. The fourth-order valence-electron chi connectivity index (χ4n) is 9.83. The summed E-state index contributed by atoms with van der Waals surface area (Å²) >= 11 is 1.77. The number of hydrogen-bond acceptors (Lipinski definition) is 2. The normalized spacial score (nSPS) is 10.2. The van der Waals surface area contributed by atoms with Gasteiger partial charge in [-0.15, -0.1) is 11.8 Å². The summed E-state index contributed by atoms with van der Waals surface area (Å²) in [5.74, 6) is 0.910. The van der Waals surface area contributed by atoms with Crippen molar-refractivity contribution in [2.75, 3.05) is 13.4 Å². The van der Waals surface area contributed by atoms with E-state index in [9.17, 15) is 0 Å². The van der Waals surface area contributed by atoms with E-state index in [1.807, 2.05) is 78.9 Å². The molecule has 0 aliphatic heterocycles. The maximum absolute atomic E-state index is 4.91. The van der Waals surface area contributed by atoms with Crippen molar-refractivity contribution in [3.8, 4) is 5.75 Å². The summed E-state index contributed by atoms with van der Waals surface area (Å²) < 4.78 is 4.91. The van der Waals surface area contributed by atoms with Crippen molar-refractivity contribution in [1.29, 1.82) is 0 Å². The Morgan fingerprint density at radius 3 is 1.04 bits per heavy atom. The number of benzene rings is 13. The SMILES string of the molecule is CC(C)(C)c1ccccc1.CC(c1ccccc1)(c1ccccc1)c1ccccc1.CC=C(c1ccccc1)c1ccccc1.COc1ccccc1.CSc1ccccc1.Cc1ccc2ccccc2c1.Cc1cccc2ccccc12.Cc1ccccc1. The van der Waals surface area contributed by atoms with Crippen molar-refractivity contribution in [1.82, 2.24) is 0 Å². The molecule has 0 saturated carbocycles. The Labute approximate surface area is 544 Å². The van der Waals surface area contributed by atoms with Crippen molar-refractivity contribution < 1.29 is 4.74 Å². The first-order chi connectivity index (χ1) is 43.8. The van der Waals surface area contributed by atoms with Gasteiger partial charge in [-0.2, -0.15) is 0 Å². The van der Waals surface area contributed by atoms with Crippen LogP contribution >= 0.6 is 11.8 Å². The number of ether oxygens (including phenoxy) is 1. The molecule has 0 amide bonds. The standard InChI is InChI=1S/C20H18.C15H14.2C11H10.C10H14.C7H8O.C7H8S.C7H8/c1-20(17-11-5-2-6-12-17,18-13-7-3-8-14-18)19-15-9-4-10-16-19;1-2-15(13-9-5-3-6-10-13)14-11-7-4-8-12-14;1-9-5-4-7-10-6-2-3-8-11(9)10;1-9-6-7-10-4-2-3-5-11(10)8-9;1-10(2,3)9-7-5-4-6-8-9;2*1-8-7-5-3-2-4-6-7;1-7-5-3-2-4-6-7/h2-16H,1H3;2-12H,1H3;2*2-8H,1H3;4-8H,1-3H3;2*2-6H,1H3;2-6H,1H3. The minimum atomic E-state index is -0.121. The highest BCUT2D eigenvalue weighted by molar-refractivity contribution is 7.98. The van der Waals surface area contributed by atoms with E-state index in [0.717, 1.165) is 5.75 Å². The van der Waals surface area contributed by atoms with Gasteiger partial charge in [0, 0.05) is 10.3 Å². The lowest BCUT2D eigenvalue weighted by Gasteiger charge is -2.31. The van der Waals surface area contributed by atoms with E-state index in [0.29, 0.717) is 5.41 Å². The molecule has 0 saturated heterocycles. The molecule has 0 fully saturated rings. The summed E-state index contributed by atoms with van der Waals surface area (Å²) in [6, 6.07) is 124. The van der Waals surface area contributed by atoms with E-state index in [1.165, 1.54) is 82.1 Å². The van der Waals surface area contributed by atoms with Crippen molar-refractivity contribution in [3.63, 3.8) is 0 Å². The van der Waals surface area contributed by atoms with E-state index in [2.05, 4.69) is 347 Å². The molecule has 0 spiro atoms. The van der Waals surface area contributed by atoms with Crippen LogP contribution in [0, 0.1) is 20.8 Å². The molecule has 0 radical (unpaired) electrons. The molecule has 13 aromatic carbocycles. The molecule has 2 heteroatoms. The average molecular weight is 1200 g/mol. The second kappa shape index (κ2) is 38.5. The molecule has 13 rings (SSSR count). The minimum Gasteiger partial charge on any atom is -0.497 e. The van der Waals surface area contributed by atoms with Crippen LogP contribution in [-0.2, 0) is 10.8 Å². The summed E-state index contributed by atoms with van der Waals surface area (Å²) in [5.41, 5.74) is 13.3. The number of fused-ring (bicyclic) bond motifs is 2. The van der Waals surface area contributed by atoms with Crippen molar-refractivity contribution >= 4 is 38.9 Å².